The Bertz CT molecular complexity index is 605. The van der Waals surface area contributed by atoms with E-state index in [2.05, 4.69) is 15.1 Å². The number of nitro benzene ring substituents is 1. The molecule has 1 saturated heterocycles. The van der Waals surface area contributed by atoms with Crippen LogP contribution in [0, 0.1) is 10.1 Å². The first-order valence-electron chi connectivity index (χ1n) is 9.08. The number of piperazine rings is 1. The van der Waals surface area contributed by atoms with Crippen molar-refractivity contribution in [2.45, 2.75) is 44.7 Å². The largest absolute Gasteiger partial charge is 0.369 e. The Balaban J connectivity index is 1.50. The van der Waals surface area contributed by atoms with Crippen LogP contribution in [0.15, 0.2) is 24.3 Å². The summed E-state index contributed by atoms with van der Waals surface area (Å²) in [7, 11) is 0. The number of nitrogens with one attached hydrogen (secondary N) is 1. The minimum Gasteiger partial charge on any atom is -0.369 e. The van der Waals surface area contributed by atoms with E-state index >= 15 is 0 Å². The van der Waals surface area contributed by atoms with E-state index in [1.54, 1.807) is 24.3 Å². The van der Waals surface area contributed by atoms with Crippen molar-refractivity contribution in [1.82, 2.24) is 10.2 Å². The van der Waals surface area contributed by atoms with Gasteiger partial charge in [0.2, 0.25) is 5.91 Å². The van der Waals surface area contributed by atoms with Crippen molar-refractivity contribution in [1.29, 1.82) is 0 Å². The summed E-state index contributed by atoms with van der Waals surface area (Å²) in [6.07, 6.45) is 4.64. The summed E-state index contributed by atoms with van der Waals surface area (Å²) in [4.78, 5) is 27.2. The summed E-state index contributed by atoms with van der Waals surface area (Å²) in [6, 6.07) is 6.92. The van der Waals surface area contributed by atoms with Gasteiger partial charge in [-0.3, -0.25) is 19.8 Å². The number of carbonyl (C=O) groups excluding carboxylic acids is 1. The monoisotopic (exact) mass is 346 g/mol. The molecule has 1 heterocycles. The van der Waals surface area contributed by atoms with Gasteiger partial charge in [-0.25, -0.2) is 0 Å². The third kappa shape index (κ3) is 4.28. The normalized spacial score (nSPS) is 20.4. The summed E-state index contributed by atoms with van der Waals surface area (Å²) in [5.74, 6) is 0.135. The standard InChI is InChI=1S/C18H26N4O3/c1-14(18(23)19-15-4-2-3-5-15)20-10-12-21(13-11-20)16-6-8-17(9-7-16)22(24)25/h6-9,14-15H,2-5,10-13H2,1H3,(H,19,23)/t14-/m1/s1. The zero-order valence-corrected chi connectivity index (χ0v) is 14.7. The van der Waals surface area contributed by atoms with Crippen molar-refractivity contribution in [3.63, 3.8) is 0 Å². The van der Waals surface area contributed by atoms with Crippen LogP contribution in [-0.4, -0.2) is 54.0 Å². The molecular weight excluding hydrogens is 320 g/mol. The van der Waals surface area contributed by atoms with E-state index in [4.69, 9.17) is 0 Å². The van der Waals surface area contributed by atoms with Gasteiger partial charge in [0.25, 0.3) is 5.69 Å². The molecule has 1 aromatic carbocycles. The quantitative estimate of drug-likeness (QED) is 0.653. The molecule has 1 aliphatic carbocycles. The molecule has 136 valence electrons. The zero-order valence-electron chi connectivity index (χ0n) is 14.7. The Hall–Kier alpha value is -2.15. The first kappa shape index (κ1) is 17.7. The molecule has 1 aliphatic heterocycles. The lowest BCUT2D eigenvalue weighted by atomic mass is 10.1. The average molecular weight is 346 g/mol. The molecule has 2 aliphatic rings. The van der Waals surface area contributed by atoms with Gasteiger partial charge in [0.15, 0.2) is 0 Å². The van der Waals surface area contributed by atoms with Crippen LogP contribution < -0.4 is 10.2 Å². The first-order chi connectivity index (χ1) is 12.0. The number of hydrogen-bond acceptors (Lipinski definition) is 5. The van der Waals surface area contributed by atoms with Gasteiger partial charge >= 0.3 is 0 Å². The summed E-state index contributed by atoms with van der Waals surface area (Å²) in [5.41, 5.74) is 1.10. The molecular formula is C18H26N4O3. The fourth-order valence-electron chi connectivity index (χ4n) is 3.71. The fraction of sp³-hybridized carbons (Fsp3) is 0.611. The maximum absolute atomic E-state index is 12.4. The number of hydrogen-bond donors (Lipinski definition) is 1. The number of carbonyl (C=O) groups is 1. The number of anilines is 1. The molecule has 0 unspecified atom stereocenters. The van der Waals surface area contributed by atoms with E-state index < -0.39 is 0 Å². The lowest BCUT2D eigenvalue weighted by molar-refractivity contribution is -0.384. The van der Waals surface area contributed by atoms with Gasteiger partial charge in [-0.05, 0) is 31.9 Å². The Kier molecular flexibility index (Phi) is 5.53. The molecule has 0 radical (unpaired) electrons. The van der Waals surface area contributed by atoms with Crippen molar-refractivity contribution in [2.24, 2.45) is 0 Å². The maximum Gasteiger partial charge on any atom is 0.269 e. The zero-order chi connectivity index (χ0) is 17.8. The lowest BCUT2D eigenvalue weighted by Crippen LogP contribution is -2.54. The van der Waals surface area contributed by atoms with Crippen LogP contribution in [0.3, 0.4) is 0 Å². The molecule has 1 N–H and O–H groups in total. The predicted molar refractivity (Wildman–Crippen MR) is 96.7 cm³/mol. The second-order valence-electron chi connectivity index (χ2n) is 6.96. The number of amides is 1. The Morgan fingerprint density at radius 2 is 1.76 bits per heavy atom. The van der Waals surface area contributed by atoms with Crippen LogP contribution in [0.5, 0.6) is 0 Å². The van der Waals surface area contributed by atoms with E-state index in [0.29, 0.717) is 6.04 Å². The third-order valence-electron chi connectivity index (χ3n) is 5.37. The van der Waals surface area contributed by atoms with Gasteiger partial charge in [0.05, 0.1) is 11.0 Å². The highest BCUT2D eigenvalue weighted by atomic mass is 16.6. The van der Waals surface area contributed by atoms with Crippen molar-refractivity contribution in [2.75, 3.05) is 31.1 Å². The van der Waals surface area contributed by atoms with Crippen LogP contribution >= 0.6 is 0 Å². The SMILES string of the molecule is C[C@H](C(=O)NC1CCCC1)N1CCN(c2ccc([N+](=O)[O-])cc2)CC1. The number of non-ortho nitro benzene ring substituents is 1. The Morgan fingerprint density at radius 3 is 2.32 bits per heavy atom. The smallest absolute Gasteiger partial charge is 0.269 e. The Labute approximate surface area is 148 Å². The van der Waals surface area contributed by atoms with Gasteiger partial charge < -0.3 is 10.2 Å². The minimum atomic E-state index is -0.383. The first-order valence-corrected chi connectivity index (χ1v) is 9.08. The third-order valence-corrected chi connectivity index (χ3v) is 5.37. The molecule has 1 saturated carbocycles. The van der Waals surface area contributed by atoms with E-state index in [-0.39, 0.29) is 22.6 Å². The van der Waals surface area contributed by atoms with Crippen LogP contribution in [-0.2, 0) is 4.79 Å². The maximum atomic E-state index is 12.4. The van der Waals surface area contributed by atoms with Gasteiger partial charge in [0.1, 0.15) is 0 Å². The molecule has 0 aromatic heterocycles. The van der Waals surface area contributed by atoms with Gasteiger partial charge in [-0.2, -0.15) is 0 Å². The van der Waals surface area contributed by atoms with Crippen LogP contribution in [0.4, 0.5) is 11.4 Å². The number of rotatable bonds is 5. The molecule has 0 bridgehead atoms. The average Bonchev–Trinajstić information content (AvgIpc) is 3.14. The predicted octanol–water partition coefficient (Wildman–Crippen LogP) is 2.16. The highest BCUT2D eigenvalue weighted by Gasteiger charge is 2.27. The summed E-state index contributed by atoms with van der Waals surface area (Å²) in [5, 5.41) is 13.9. The van der Waals surface area contributed by atoms with Crippen LogP contribution in [0.1, 0.15) is 32.6 Å². The van der Waals surface area contributed by atoms with Crippen LogP contribution in [0.25, 0.3) is 0 Å². The topological polar surface area (TPSA) is 78.7 Å². The van der Waals surface area contributed by atoms with Crippen molar-refractivity contribution in [3.05, 3.63) is 34.4 Å². The van der Waals surface area contributed by atoms with E-state index in [0.717, 1.165) is 44.7 Å². The molecule has 1 amide bonds. The molecule has 3 rings (SSSR count). The fourth-order valence-corrected chi connectivity index (χ4v) is 3.71. The molecule has 7 nitrogen and oxygen atoms in total. The second kappa shape index (κ2) is 7.82. The molecule has 7 heteroatoms. The van der Waals surface area contributed by atoms with Gasteiger partial charge in [0, 0.05) is 50.0 Å². The van der Waals surface area contributed by atoms with Gasteiger partial charge in [-0.15, -0.1) is 0 Å². The minimum absolute atomic E-state index is 0.111. The number of nitro groups is 1. The summed E-state index contributed by atoms with van der Waals surface area (Å²) < 4.78 is 0. The Morgan fingerprint density at radius 1 is 1.16 bits per heavy atom. The molecule has 1 atom stereocenters. The summed E-state index contributed by atoms with van der Waals surface area (Å²) >= 11 is 0. The van der Waals surface area contributed by atoms with Crippen molar-refractivity contribution < 1.29 is 9.72 Å². The lowest BCUT2D eigenvalue weighted by Gasteiger charge is -2.38. The highest BCUT2D eigenvalue weighted by Crippen LogP contribution is 2.22. The van der Waals surface area contributed by atoms with E-state index in [1.165, 1.54) is 12.8 Å². The van der Waals surface area contributed by atoms with Gasteiger partial charge in [-0.1, -0.05) is 12.8 Å². The summed E-state index contributed by atoms with van der Waals surface area (Å²) in [6.45, 7) is 5.25. The van der Waals surface area contributed by atoms with E-state index in [9.17, 15) is 14.9 Å². The molecule has 0 spiro atoms. The molecule has 2 fully saturated rings. The van der Waals surface area contributed by atoms with Crippen molar-refractivity contribution in [3.8, 4) is 0 Å². The van der Waals surface area contributed by atoms with E-state index in [1.807, 2.05) is 6.92 Å². The molecule has 1 aromatic rings. The second-order valence-corrected chi connectivity index (χ2v) is 6.96. The number of nitrogens with zero attached hydrogens (tertiary/aromatic N) is 3. The van der Waals surface area contributed by atoms with Crippen LogP contribution in [0.2, 0.25) is 0 Å². The highest BCUT2D eigenvalue weighted by molar-refractivity contribution is 5.81. The van der Waals surface area contributed by atoms with Crippen molar-refractivity contribution >= 4 is 17.3 Å². The molecule has 25 heavy (non-hydrogen) atoms. The number of benzene rings is 1.